The zero-order valence-electron chi connectivity index (χ0n) is 14.4. The van der Waals surface area contributed by atoms with Crippen LogP contribution in [0.3, 0.4) is 0 Å². The summed E-state index contributed by atoms with van der Waals surface area (Å²) >= 11 is 0. The second kappa shape index (κ2) is 5.44. The second-order valence-electron chi connectivity index (χ2n) is 7.09. The monoisotopic (exact) mass is 346 g/mol. The van der Waals surface area contributed by atoms with E-state index in [1.807, 2.05) is 18.3 Å². The zero-order valence-corrected chi connectivity index (χ0v) is 14.4. The predicted molar refractivity (Wildman–Crippen MR) is 97.0 cm³/mol. The lowest BCUT2D eigenvalue weighted by molar-refractivity contribution is 0.0261. The van der Waals surface area contributed by atoms with Crippen LogP contribution in [0.1, 0.15) is 12.0 Å². The highest BCUT2D eigenvalue weighted by Crippen LogP contribution is 2.34. The molecule has 3 aliphatic rings. The second-order valence-corrected chi connectivity index (χ2v) is 7.09. The Morgan fingerprint density at radius 1 is 1.23 bits per heavy atom. The topological polar surface area (TPSA) is 80.7 Å². The highest BCUT2D eigenvalue weighted by atomic mass is 16.3. The van der Waals surface area contributed by atoms with E-state index in [1.165, 1.54) is 23.3 Å². The van der Waals surface area contributed by atoms with E-state index in [-0.39, 0.29) is 5.75 Å². The van der Waals surface area contributed by atoms with Crippen LogP contribution < -0.4 is 4.90 Å². The van der Waals surface area contributed by atoms with Gasteiger partial charge in [0.05, 0.1) is 23.5 Å². The van der Waals surface area contributed by atoms with Crippen LogP contribution in [0.25, 0.3) is 16.6 Å². The summed E-state index contributed by atoms with van der Waals surface area (Å²) in [5.74, 6) is 1.07. The lowest BCUT2D eigenvalue weighted by atomic mass is 9.88. The lowest BCUT2D eigenvalue weighted by Crippen LogP contribution is -2.67. The molecule has 0 amide bonds. The molecule has 2 unspecified atom stereocenters. The number of fused-ring (bicyclic) bond motifs is 3. The fourth-order valence-electron chi connectivity index (χ4n) is 4.13. The molecule has 0 saturated carbocycles. The molecule has 7 nitrogen and oxygen atoms in total. The third-order valence-electron chi connectivity index (χ3n) is 5.66. The van der Waals surface area contributed by atoms with E-state index in [0.717, 1.165) is 30.0 Å². The molecule has 26 heavy (non-hydrogen) atoms. The Kier molecular flexibility index (Phi) is 3.18. The van der Waals surface area contributed by atoms with E-state index in [4.69, 9.17) is 0 Å². The smallest absolute Gasteiger partial charge is 0.134 e. The van der Waals surface area contributed by atoms with Gasteiger partial charge in [-0.15, -0.1) is 0 Å². The summed E-state index contributed by atoms with van der Waals surface area (Å²) in [4.78, 5) is 9.42. The minimum absolute atomic E-state index is 0.100. The third-order valence-corrected chi connectivity index (χ3v) is 5.66. The van der Waals surface area contributed by atoms with Crippen LogP contribution in [0.5, 0.6) is 5.75 Å². The molecule has 1 N–H and O–H groups in total. The van der Waals surface area contributed by atoms with E-state index < -0.39 is 0 Å². The van der Waals surface area contributed by atoms with Crippen molar-refractivity contribution in [2.24, 2.45) is 0 Å². The van der Waals surface area contributed by atoms with Crippen molar-refractivity contribution in [1.29, 1.82) is 5.26 Å². The van der Waals surface area contributed by atoms with Gasteiger partial charge in [-0.05, 0) is 31.7 Å². The summed E-state index contributed by atoms with van der Waals surface area (Å²) in [7, 11) is 2.19. The van der Waals surface area contributed by atoms with Crippen molar-refractivity contribution in [3.05, 3.63) is 42.4 Å². The molecule has 0 radical (unpaired) electrons. The van der Waals surface area contributed by atoms with E-state index in [9.17, 15) is 10.4 Å². The molecule has 3 saturated heterocycles. The predicted octanol–water partition coefficient (Wildman–Crippen LogP) is 1.87. The fourth-order valence-corrected chi connectivity index (χ4v) is 4.13. The molecule has 6 rings (SSSR count). The minimum atomic E-state index is 0.100. The number of likely N-dealkylation sites (N-methyl/N-ethyl adjacent to an activating group) is 1. The summed E-state index contributed by atoms with van der Waals surface area (Å²) in [5, 5.41) is 23.5. The molecule has 6 heterocycles. The summed E-state index contributed by atoms with van der Waals surface area (Å²) < 4.78 is 1.53. The van der Waals surface area contributed by atoms with Gasteiger partial charge in [0.25, 0.3) is 0 Å². The first-order valence-corrected chi connectivity index (χ1v) is 8.68. The maximum Gasteiger partial charge on any atom is 0.134 e. The van der Waals surface area contributed by atoms with Crippen molar-refractivity contribution in [2.75, 3.05) is 25.0 Å². The lowest BCUT2D eigenvalue weighted by Gasteiger charge is -2.55. The number of aromatic nitrogens is 3. The maximum absolute atomic E-state index is 9.99. The number of hydrogen-bond donors (Lipinski definition) is 1. The zero-order chi connectivity index (χ0) is 17.8. The molecule has 130 valence electrons. The number of rotatable bonds is 2. The van der Waals surface area contributed by atoms with E-state index in [2.05, 4.69) is 33.0 Å². The van der Waals surface area contributed by atoms with Crippen molar-refractivity contribution in [3.63, 3.8) is 0 Å². The molecular formula is C19H18N6O. The highest BCUT2D eigenvalue weighted by molar-refractivity contribution is 5.85. The van der Waals surface area contributed by atoms with Crippen LogP contribution in [-0.4, -0.2) is 56.8 Å². The standard InChI is InChI=1S/C19H18N6O/c1-23-14-4-15(23)10-24(9-14)18-3-2-12(7-21-18)17-5-16(26)11-25-19(17)13(6-20)8-22-25/h2-3,5,7-8,11,14-15,26H,4,9-10H2,1H3. The molecule has 3 aromatic rings. The highest BCUT2D eigenvalue weighted by Gasteiger charge is 2.42. The summed E-state index contributed by atoms with van der Waals surface area (Å²) in [6.07, 6.45) is 6.10. The van der Waals surface area contributed by atoms with Crippen LogP contribution in [0.2, 0.25) is 0 Å². The first-order valence-electron chi connectivity index (χ1n) is 8.68. The largest absolute Gasteiger partial charge is 0.506 e. The van der Waals surface area contributed by atoms with Gasteiger partial charge in [0.2, 0.25) is 0 Å². The summed E-state index contributed by atoms with van der Waals surface area (Å²) in [6, 6.07) is 9.08. The Bertz CT molecular complexity index is 1020. The normalized spacial score (nSPS) is 22.2. The van der Waals surface area contributed by atoms with Crippen LogP contribution in [0.15, 0.2) is 36.8 Å². The Hall–Kier alpha value is -3.11. The molecule has 7 heteroatoms. The number of nitrogens with zero attached hydrogens (tertiary/aromatic N) is 6. The van der Waals surface area contributed by atoms with Gasteiger partial charge in [0.15, 0.2) is 0 Å². The molecule has 3 aromatic heterocycles. The quantitative estimate of drug-likeness (QED) is 0.763. The molecule has 2 bridgehead atoms. The number of nitriles is 1. The molecule has 2 atom stereocenters. The Balaban J connectivity index is 1.51. The van der Waals surface area contributed by atoms with Crippen molar-refractivity contribution >= 4 is 11.3 Å². The van der Waals surface area contributed by atoms with E-state index >= 15 is 0 Å². The Morgan fingerprint density at radius 3 is 2.69 bits per heavy atom. The van der Waals surface area contributed by atoms with Gasteiger partial charge < -0.3 is 10.0 Å². The van der Waals surface area contributed by atoms with Crippen LogP contribution in [-0.2, 0) is 0 Å². The molecular weight excluding hydrogens is 328 g/mol. The van der Waals surface area contributed by atoms with Gasteiger partial charge in [-0.3, -0.25) is 4.90 Å². The fraction of sp³-hybridized carbons (Fsp3) is 0.316. The van der Waals surface area contributed by atoms with Gasteiger partial charge in [0.1, 0.15) is 17.6 Å². The SMILES string of the molecule is CN1C2CC1CN(c1ccc(-c3cc(O)cn4ncc(C#N)c34)cn1)C2. The first-order chi connectivity index (χ1) is 12.6. The third kappa shape index (κ3) is 2.16. The summed E-state index contributed by atoms with van der Waals surface area (Å²) in [5.41, 5.74) is 2.76. The molecule has 3 fully saturated rings. The average molecular weight is 346 g/mol. The molecule has 3 aliphatic heterocycles. The number of anilines is 1. The van der Waals surface area contributed by atoms with Crippen LogP contribution in [0, 0.1) is 11.3 Å². The van der Waals surface area contributed by atoms with Crippen molar-refractivity contribution in [1.82, 2.24) is 19.5 Å². The van der Waals surface area contributed by atoms with Crippen molar-refractivity contribution < 1.29 is 5.11 Å². The van der Waals surface area contributed by atoms with Gasteiger partial charge >= 0.3 is 0 Å². The Morgan fingerprint density at radius 2 is 2.04 bits per heavy atom. The van der Waals surface area contributed by atoms with Gasteiger partial charge in [-0.1, -0.05) is 0 Å². The number of pyridine rings is 2. The van der Waals surface area contributed by atoms with E-state index in [0.29, 0.717) is 23.2 Å². The molecule has 0 spiro atoms. The summed E-state index contributed by atoms with van der Waals surface area (Å²) in [6.45, 7) is 2.02. The van der Waals surface area contributed by atoms with Gasteiger partial charge in [-0.25, -0.2) is 9.50 Å². The number of hydrogen-bond acceptors (Lipinski definition) is 6. The number of piperidine rings is 1. The minimum Gasteiger partial charge on any atom is -0.506 e. The van der Waals surface area contributed by atoms with E-state index in [1.54, 1.807) is 6.07 Å². The number of piperazine rings is 1. The maximum atomic E-state index is 9.99. The van der Waals surface area contributed by atoms with Crippen molar-refractivity contribution in [3.8, 4) is 22.9 Å². The van der Waals surface area contributed by atoms with Crippen molar-refractivity contribution in [2.45, 2.75) is 18.5 Å². The molecule has 0 aliphatic carbocycles. The van der Waals surface area contributed by atoms with Gasteiger partial charge in [-0.2, -0.15) is 10.4 Å². The number of aromatic hydroxyl groups is 1. The Labute approximate surface area is 150 Å². The molecule has 0 aromatic carbocycles. The first kappa shape index (κ1) is 15.2. The van der Waals surface area contributed by atoms with Gasteiger partial charge in [0, 0.05) is 42.5 Å². The van der Waals surface area contributed by atoms with Crippen LogP contribution >= 0.6 is 0 Å². The van der Waals surface area contributed by atoms with Crippen LogP contribution in [0.4, 0.5) is 5.82 Å². The average Bonchev–Trinajstić information content (AvgIpc) is 3.10.